The van der Waals surface area contributed by atoms with Gasteiger partial charge in [-0.1, -0.05) is 27.2 Å². The third-order valence-corrected chi connectivity index (χ3v) is 8.69. The number of rotatable bonds is 8. The topological polar surface area (TPSA) is 27.7 Å². The molecule has 1 heterocycles. The standard InChI is InChI=1S/C23H34F8O3/c1-6-7-10-32-12-33-21(22(26,27)28,23(29,30)31)19-9-8-15(11-19)13(2)16(19)17-14(3)20(24,25)34-18(17,4)5/h13-17H,6-12H2,1-5H3. The highest BCUT2D eigenvalue weighted by Gasteiger charge is 2.86. The van der Waals surface area contributed by atoms with Crippen LogP contribution < -0.4 is 0 Å². The monoisotopic (exact) mass is 510 g/mol. The van der Waals surface area contributed by atoms with Crippen molar-refractivity contribution in [2.75, 3.05) is 13.4 Å². The average Bonchev–Trinajstić information content (AvgIpc) is 3.24. The summed E-state index contributed by atoms with van der Waals surface area (Å²) in [4.78, 5) is 0. The van der Waals surface area contributed by atoms with Crippen molar-refractivity contribution < 1.29 is 49.3 Å². The maximum absolute atomic E-state index is 14.7. The molecule has 6 atom stereocenters. The van der Waals surface area contributed by atoms with Crippen LogP contribution in [0.25, 0.3) is 0 Å². The second-order valence-corrected chi connectivity index (χ2v) is 10.8. The van der Waals surface area contributed by atoms with E-state index < -0.39 is 84.3 Å². The van der Waals surface area contributed by atoms with Gasteiger partial charge in [-0.05, 0) is 57.3 Å². The zero-order chi connectivity index (χ0) is 26.0. The quantitative estimate of drug-likeness (QED) is 0.194. The molecule has 0 aromatic rings. The first-order valence-electron chi connectivity index (χ1n) is 11.8. The molecule has 3 aliphatic rings. The van der Waals surface area contributed by atoms with Crippen molar-refractivity contribution >= 4 is 0 Å². The van der Waals surface area contributed by atoms with Gasteiger partial charge in [0.25, 0.3) is 5.60 Å². The van der Waals surface area contributed by atoms with Gasteiger partial charge in [-0.25, -0.2) is 0 Å². The molecule has 11 heteroatoms. The van der Waals surface area contributed by atoms with Crippen LogP contribution in [-0.2, 0) is 14.2 Å². The molecule has 3 fully saturated rings. The molecule has 3 rings (SSSR count). The Balaban J connectivity index is 2.16. The summed E-state index contributed by atoms with van der Waals surface area (Å²) < 4.78 is 132. The van der Waals surface area contributed by atoms with E-state index in [1.54, 1.807) is 13.8 Å². The van der Waals surface area contributed by atoms with Crippen molar-refractivity contribution in [1.82, 2.24) is 0 Å². The lowest BCUT2D eigenvalue weighted by atomic mass is 9.53. The second-order valence-electron chi connectivity index (χ2n) is 10.8. The number of ether oxygens (including phenoxy) is 3. The van der Waals surface area contributed by atoms with Crippen molar-refractivity contribution in [3.63, 3.8) is 0 Å². The molecule has 3 nitrogen and oxygen atoms in total. The Labute approximate surface area is 194 Å². The summed E-state index contributed by atoms with van der Waals surface area (Å²) in [6.45, 7) is 5.91. The Morgan fingerprint density at radius 3 is 2.03 bits per heavy atom. The van der Waals surface area contributed by atoms with E-state index in [1.807, 2.05) is 0 Å². The Hall–Kier alpha value is -0.680. The number of alkyl halides is 8. The van der Waals surface area contributed by atoms with E-state index >= 15 is 0 Å². The summed E-state index contributed by atoms with van der Waals surface area (Å²) in [5.74, 6) is -5.26. The molecular formula is C23H34F8O3. The van der Waals surface area contributed by atoms with Crippen LogP contribution in [0.15, 0.2) is 0 Å². The molecule has 1 saturated heterocycles. The molecule has 2 saturated carbocycles. The zero-order valence-corrected chi connectivity index (χ0v) is 20.1. The van der Waals surface area contributed by atoms with Crippen molar-refractivity contribution in [2.45, 2.75) is 96.4 Å². The van der Waals surface area contributed by atoms with E-state index in [0.717, 1.165) is 6.92 Å². The minimum atomic E-state index is -5.84. The molecule has 0 aromatic heterocycles. The van der Waals surface area contributed by atoms with E-state index in [2.05, 4.69) is 0 Å². The molecule has 34 heavy (non-hydrogen) atoms. The molecule has 2 bridgehead atoms. The van der Waals surface area contributed by atoms with E-state index in [0.29, 0.717) is 12.8 Å². The van der Waals surface area contributed by atoms with Crippen LogP contribution in [0.5, 0.6) is 0 Å². The first kappa shape index (κ1) is 27.9. The average molecular weight is 511 g/mol. The molecule has 0 spiro atoms. The fraction of sp³-hybridized carbons (Fsp3) is 1.00. The molecule has 1 aliphatic heterocycles. The number of halogens is 8. The Kier molecular flexibility index (Phi) is 7.15. The minimum Gasteiger partial charge on any atom is -0.355 e. The van der Waals surface area contributed by atoms with Gasteiger partial charge in [0.15, 0.2) is 0 Å². The van der Waals surface area contributed by atoms with Crippen LogP contribution in [0, 0.1) is 35.0 Å². The second kappa shape index (κ2) is 8.71. The van der Waals surface area contributed by atoms with E-state index in [9.17, 15) is 35.1 Å². The van der Waals surface area contributed by atoms with Gasteiger partial charge in [0.1, 0.15) is 6.79 Å². The van der Waals surface area contributed by atoms with Gasteiger partial charge < -0.3 is 14.2 Å². The van der Waals surface area contributed by atoms with E-state index in [-0.39, 0.29) is 13.0 Å². The normalized spacial score (nSPS) is 37.5. The van der Waals surface area contributed by atoms with Gasteiger partial charge in [-0.15, -0.1) is 0 Å². The van der Waals surface area contributed by atoms with Gasteiger partial charge in [0.2, 0.25) is 0 Å². The van der Waals surface area contributed by atoms with Gasteiger partial charge in [-0.3, -0.25) is 0 Å². The first-order valence-corrected chi connectivity index (χ1v) is 11.8. The van der Waals surface area contributed by atoms with Crippen LogP contribution in [0.3, 0.4) is 0 Å². The highest BCUT2D eigenvalue weighted by atomic mass is 19.4. The number of hydrogen-bond acceptors (Lipinski definition) is 3. The van der Waals surface area contributed by atoms with Gasteiger partial charge in [0.05, 0.1) is 11.5 Å². The molecule has 0 amide bonds. The van der Waals surface area contributed by atoms with Gasteiger partial charge in [0, 0.05) is 17.9 Å². The van der Waals surface area contributed by atoms with Crippen LogP contribution in [0.4, 0.5) is 35.1 Å². The number of fused-ring (bicyclic) bond motifs is 2. The highest BCUT2D eigenvalue weighted by molar-refractivity contribution is 5.22. The van der Waals surface area contributed by atoms with Crippen LogP contribution in [0.1, 0.15) is 66.7 Å². The molecule has 0 N–H and O–H groups in total. The van der Waals surface area contributed by atoms with Crippen molar-refractivity contribution in [3.8, 4) is 0 Å². The largest absolute Gasteiger partial charge is 0.427 e. The third-order valence-electron chi connectivity index (χ3n) is 8.69. The number of hydrogen-bond donors (Lipinski definition) is 0. The lowest BCUT2D eigenvalue weighted by Gasteiger charge is -2.55. The first-order chi connectivity index (χ1) is 15.4. The lowest BCUT2D eigenvalue weighted by Crippen LogP contribution is -2.71. The van der Waals surface area contributed by atoms with Gasteiger partial charge in [-0.2, -0.15) is 35.1 Å². The summed E-state index contributed by atoms with van der Waals surface area (Å²) in [5, 5.41) is 0. The summed E-state index contributed by atoms with van der Waals surface area (Å²) in [5.41, 5.74) is -8.64. The smallest absolute Gasteiger partial charge is 0.355 e. The SMILES string of the molecule is CCCCOCOC(C(F)(F)F)(C(F)(F)F)C12CCC(C1)C(C)C2C1C(C)C(F)(F)OC1(C)C. The van der Waals surface area contributed by atoms with Crippen LogP contribution in [0.2, 0.25) is 0 Å². The Bertz CT molecular complexity index is 721. The maximum atomic E-state index is 14.7. The fourth-order valence-electron chi connectivity index (χ4n) is 7.42. The lowest BCUT2D eigenvalue weighted by molar-refractivity contribution is -0.433. The fourth-order valence-corrected chi connectivity index (χ4v) is 7.42. The van der Waals surface area contributed by atoms with Crippen molar-refractivity contribution in [3.05, 3.63) is 0 Å². The predicted octanol–water partition coefficient (Wildman–Crippen LogP) is 7.35. The summed E-state index contributed by atoms with van der Waals surface area (Å²) in [6.07, 6.45) is -15.0. The number of unbranched alkanes of at least 4 members (excludes halogenated alkanes) is 1. The summed E-state index contributed by atoms with van der Waals surface area (Å²) in [7, 11) is 0. The molecule has 2 aliphatic carbocycles. The van der Waals surface area contributed by atoms with Crippen LogP contribution in [-0.4, -0.2) is 43.1 Å². The zero-order valence-electron chi connectivity index (χ0n) is 20.1. The molecule has 0 aromatic carbocycles. The molecule has 200 valence electrons. The predicted molar refractivity (Wildman–Crippen MR) is 107 cm³/mol. The third kappa shape index (κ3) is 3.96. The molecular weight excluding hydrogens is 476 g/mol. The summed E-state index contributed by atoms with van der Waals surface area (Å²) >= 11 is 0. The minimum absolute atomic E-state index is 0.0511. The van der Waals surface area contributed by atoms with Gasteiger partial charge >= 0.3 is 18.5 Å². The molecule has 6 unspecified atom stereocenters. The highest BCUT2D eigenvalue weighted by Crippen LogP contribution is 2.75. The van der Waals surface area contributed by atoms with Crippen molar-refractivity contribution in [1.29, 1.82) is 0 Å². The van der Waals surface area contributed by atoms with E-state index in [4.69, 9.17) is 14.2 Å². The maximum Gasteiger partial charge on any atom is 0.427 e. The summed E-state index contributed by atoms with van der Waals surface area (Å²) in [6, 6.07) is 0. The molecule has 0 radical (unpaired) electrons. The van der Waals surface area contributed by atoms with Crippen molar-refractivity contribution in [2.24, 2.45) is 35.0 Å². The Morgan fingerprint density at radius 1 is 0.971 bits per heavy atom. The van der Waals surface area contributed by atoms with Crippen LogP contribution >= 0.6 is 0 Å². The van der Waals surface area contributed by atoms with E-state index in [1.165, 1.54) is 13.8 Å². The Morgan fingerprint density at radius 2 is 1.56 bits per heavy atom.